The zero-order valence-electron chi connectivity index (χ0n) is 10.9. The summed E-state index contributed by atoms with van der Waals surface area (Å²) < 4.78 is 0. The van der Waals surface area contributed by atoms with Gasteiger partial charge in [0.15, 0.2) is 0 Å². The number of rotatable bonds is 1. The van der Waals surface area contributed by atoms with E-state index in [1.165, 1.54) is 15.3 Å². The van der Waals surface area contributed by atoms with Gasteiger partial charge in [0.05, 0.1) is 5.69 Å². The summed E-state index contributed by atoms with van der Waals surface area (Å²) in [5, 5.41) is 3.21. The monoisotopic (exact) mass is 289 g/mol. The van der Waals surface area contributed by atoms with E-state index in [0.717, 1.165) is 10.6 Å². The van der Waals surface area contributed by atoms with E-state index < -0.39 is 0 Å². The summed E-state index contributed by atoms with van der Waals surface area (Å²) in [4.78, 5) is 15.8. The standard InChI is InChI=1S/C15H15NOS2/c1-9-7-11(10(2)18-9)14-8-15(17)16-12-5-3-4-6-13(12)19-14/h3-7,14H,8H2,1-2H3,(H,16,17)/t14-/m1/s1. The SMILES string of the molecule is Cc1cc([C@H]2CC(=O)Nc3ccccc3S2)c(C)s1. The number of para-hydroxylation sites is 1. The Morgan fingerprint density at radius 3 is 2.79 bits per heavy atom. The van der Waals surface area contributed by atoms with Gasteiger partial charge in [0.2, 0.25) is 5.91 Å². The van der Waals surface area contributed by atoms with Crippen molar-refractivity contribution >= 4 is 34.7 Å². The Hall–Kier alpha value is -1.26. The molecule has 1 atom stereocenters. The van der Waals surface area contributed by atoms with E-state index >= 15 is 0 Å². The summed E-state index contributed by atoms with van der Waals surface area (Å²) in [5.41, 5.74) is 2.24. The van der Waals surface area contributed by atoms with Gasteiger partial charge in [-0.15, -0.1) is 23.1 Å². The van der Waals surface area contributed by atoms with E-state index in [1.807, 2.05) is 29.5 Å². The van der Waals surface area contributed by atoms with Gasteiger partial charge >= 0.3 is 0 Å². The molecule has 0 saturated carbocycles. The van der Waals surface area contributed by atoms with Crippen molar-refractivity contribution in [3.8, 4) is 0 Å². The molecular formula is C15H15NOS2. The molecule has 2 nitrogen and oxygen atoms in total. The van der Waals surface area contributed by atoms with Gasteiger partial charge in [-0.1, -0.05) is 12.1 Å². The average Bonchev–Trinajstić information content (AvgIpc) is 2.60. The lowest BCUT2D eigenvalue weighted by Crippen LogP contribution is -2.11. The van der Waals surface area contributed by atoms with Crippen LogP contribution in [0.1, 0.15) is 27.0 Å². The topological polar surface area (TPSA) is 29.1 Å². The Kier molecular flexibility index (Phi) is 3.37. The predicted octanol–water partition coefficient (Wildman–Crippen LogP) is 4.54. The lowest BCUT2D eigenvalue weighted by atomic mass is 10.1. The van der Waals surface area contributed by atoms with Crippen LogP contribution in [0.25, 0.3) is 0 Å². The molecule has 1 aromatic heterocycles. The summed E-state index contributed by atoms with van der Waals surface area (Å²) in [7, 11) is 0. The van der Waals surface area contributed by atoms with Gasteiger partial charge in [0, 0.05) is 26.3 Å². The number of thiophene rings is 1. The molecule has 0 saturated heterocycles. The minimum Gasteiger partial charge on any atom is -0.325 e. The van der Waals surface area contributed by atoms with Crippen LogP contribution in [0, 0.1) is 13.8 Å². The van der Waals surface area contributed by atoms with E-state index in [9.17, 15) is 4.79 Å². The van der Waals surface area contributed by atoms with Crippen LogP contribution in [-0.4, -0.2) is 5.91 Å². The van der Waals surface area contributed by atoms with Crippen LogP contribution in [0.2, 0.25) is 0 Å². The van der Waals surface area contributed by atoms with Gasteiger partial charge in [-0.25, -0.2) is 0 Å². The summed E-state index contributed by atoms with van der Waals surface area (Å²) in [6, 6.07) is 10.2. The molecule has 0 aliphatic carbocycles. The molecule has 0 bridgehead atoms. The smallest absolute Gasteiger partial charge is 0.225 e. The quantitative estimate of drug-likeness (QED) is 0.835. The number of amides is 1. The van der Waals surface area contributed by atoms with E-state index in [1.54, 1.807) is 11.8 Å². The molecular weight excluding hydrogens is 274 g/mol. The Labute approximate surface area is 121 Å². The maximum atomic E-state index is 12.0. The third kappa shape index (κ3) is 2.55. The number of nitrogens with one attached hydrogen (secondary N) is 1. The number of fused-ring (bicyclic) bond motifs is 1. The van der Waals surface area contributed by atoms with Gasteiger partial charge < -0.3 is 5.32 Å². The summed E-state index contributed by atoms with van der Waals surface area (Å²) in [6.45, 7) is 4.26. The number of benzene rings is 1. The zero-order chi connectivity index (χ0) is 13.4. The molecule has 19 heavy (non-hydrogen) atoms. The van der Waals surface area contributed by atoms with E-state index in [4.69, 9.17) is 0 Å². The number of hydrogen-bond donors (Lipinski definition) is 1. The highest BCUT2D eigenvalue weighted by Crippen LogP contribution is 2.45. The van der Waals surface area contributed by atoms with Crippen molar-refractivity contribution in [1.29, 1.82) is 0 Å². The third-order valence-corrected chi connectivity index (χ3v) is 5.52. The zero-order valence-corrected chi connectivity index (χ0v) is 12.5. The molecule has 2 aromatic rings. The lowest BCUT2D eigenvalue weighted by molar-refractivity contribution is -0.116. The second-order valence-corrected chi connectivity index (χ2v) is 7.43. The normalized spacial score (nSPS) is 18.6. The fraction of sp³-hybridized carbons (Fsp3) is 0.267. The molecule has 4 heteroatoms. The molecule has 0 unspecified atom stereocenters. The van der Waals surface area contributed by atoms with Crippen molar-refractivity contribution in [2.24, 2.45) is 0 Å². The van der Waals surface area contributed by atoms with Crippen molar-refractivity contribution in [3.05, 3.63) is 45.6 Å². The maximum Gasteiger partial charge on any atom is 0.225 e. The molecule has 1 aliphatic rings. The molecule has 2 heterocycles. The highest BCUT2D eigenvalue weighted by molar-refractivity contribution is 7.99. The number of hydrogen-bond acceptors (Lipinski definition) is 3. The second-order valence-electron chi connectivity index (χ2n) is 4.72. The number of carbonyl (C=O) groups is 1. The van der Waals surface area contributed by atoms with Gasteiger partial charge in [-0.05, 0) is 37.6 Å². The average molecular weight is 289 g/mol. The highest BCUT2D eigenvalue weighted by Gasteiger charge is 2.25. The minimum atomic E-state index is 0.103. The van der Waals surface area contributed by atoms with Crippen LogP contribution < -0.4 is 5.32 Å². The molecule has 0 spiro atoms. The van der Waals surface area contributed by atoms with Crippen LogP contribution >= 0.6 is 23.1 Å². The number of anilines is 1. The maximum absolute atomic E-state index is 12.0. The van der Waals surface area contributed by atoms with Crippen LogP contribution in [0.5, 0.6) is 0 Å². The van der Waals surface area contributed by atoms with Crippen LogP contribution in [-0.2, 0) is 4.79 Å². The highest BCUT2D eigenvalue weighted by atomic mass is 32.2. The first-order chi connectivity index (χ1) is 9.13. The first-order valence-corrected chi connectivity index (χ1v) is 7.95. The Bertz CT molecular complexity index is 633. The first kappa shape index (κ1) is 12.8. The first-order valence-electron chi connectivity index (χ1n) is 6.26. The summed E-state index contributed by atoms with van der Waals surface area (Å²) >= 11 is 3.59. The van der Waals surface area contributed by atoms with Crippen molar-refractivity contribution in [1.82, 2.24) is 0 Å². The van der Waals surface area contributed by atoms with Gasteiger partial charge in [0.25, 0.3) is 0 Å². The number of aryl methyl sites for hydroxylation is 2. The van der Waals surface area contributed by atoms with Gasteiger partial charge in [0.1, 0.15) is 0 Å². The fourth-order valence-electron chi connectivity index (χ4n) is 2.38. The second kappa shape index (κ2) is 5.02. The Morgan fingerprint density at radius 1 is 1.26 bits per heavy atom. The summed E-state index contributed by atoms with van der Waals surface area (Å²) in [6.07, 6.45) is 0.538. The van der Waals surface area contributed by atoms with E-state index in [0.29, 0.717) is 6.42 Å². The molecule has 1 aromatic carbocycles. The van der Waals surface area contributed by atoms with E-state index in [2.05, 4.69) is 31.3 Å². The van der Waals surface area contributed by atoms with Crippen molar-refractivity contribution in [2.45, 2.75) is 30.4 Å². The van der Waals surface area contributed by atoms with Gasteiger partial charge in [-0.2, -0.15) is 0 Å². The molecule has 1 amide bonds. The van der Waals surface area contributed by atoms with Gasteiger partial charge in [-0.3, -0.25) is 4.79 Å². The molecule has 1 N–H and O–H groups in total. The van der Waals surface area contributed by atoms with Crippen molar-refractivity contribution in [2.75, 3.05) is 5.32 Å². The molecule has 3 rings (SSSR count). The largest absolute Gasteiger partial charge is 0.325 e. The summed E-state index contributed by atoms with van der Waals surface area (Å²) in [5.74, 6) is 0.103. The molecule has 1 aliphatic heterocycles. The Morgan fingerprint density at radius 2 is 2.05 bits per heavy atom. The molecule has 98 valence electrons. The third-order valence-electron chi connectivity index (χ3n) is 3.23. The van der Waals surface area contributed by atoms with Crippen molar-refractivity contribution < 1.29 is 4.79 Å². The van der Waals surface area contributed by atoms with Crippen LogP contribution in [0.4, 0.5) is 5.69 Å². The Balaban J connectivity index is 2.00. The molecule has 0 fully saturated rings. The van der Waals surface area contributed by atoms with Crippen molar-refractivity contribution in [3.63, 3.8) is 0 Å². The van der Waals surface area contributed by atoms with E-state index in [-0.39, 0.29) is 11.2 Å². The minimum absolute atomic E-state index is 0.103. The lowest BCUT2D eigenvalue weighted by Gasteiger charge is -2.12. The fourth-order valence-corrected chi connectivity index (χ4v) is 4.76. The predicted molar refractivity (Wildman–Crippen MR) is 82.1 cm³/mol. The molecule has 0 radical (unpaired) electrons. The van der Waals surface area contributed by atoms with Crippen LogP contribution in [0.15, 0.2) is 35.2 Å². The van der Waals surface area contributed by atoms with Crippen LogP contribution in [0.3, 0.4) is 0 Å². The number of carbonyl (C=O) groups excluding carboxylic acids is 1. The number of thioether (sulfide) groups is 1.